The van der Waals surface area contributed by atoms with E-state index in [2.05, 4.69) is 33.7 Å². The van der Waals surface area contributed by atoms with Gasteiger partial charge < -0.3 is 19.0 Å². The van der Waals surface area contributed by atoms with Gasteiger partial charge in [-0.2, -0.15) is 0 Å². The predicted octanol–water partition coefficient (Wildman–Crippen LogP) is 3.44. The van der Waals surface area contributed by atoms with E-state index in [0.29, 0.717) is 61.9 Å². The molecule has 1 aromatic carbocycles. The number of aromatic nitrogens is 3. The molecule has 0 bridgehead atoms. The third-order valence-corrected chi connectivity index (χ3v) is 5.09. The lowest BCUT2D eigenvalue weighted by molar-refractivity contribution is 0.0714. The van der Waals surface area contributed by atoms with Crippen molar-refractivity contribution in [1.29, 1.82) is 0 Å². The highest BCUT2D eigenvalue weighted by atomic mass is 16.5. The summed E-state index contributed by atoms with van der Waals surface area (Å²) in [4.78, 5) is 30.0. The lowest BCUT2D eigenvalue weighted by Gasteiger charge is -2.35. The second kappa shape index (κ2) is 9.16. The number of oxazole rings is 1. The van der Waals surface area contributed by atoms with Gasteiger partial charge in [0, 0.05) is 37.8 Å². The van der Waals surface area contributed by atoms with Crippen LogP contribution < -0.4 is 9.64 Å². The molecule has 1 fully saturated rings. The highest BCUT2D eigenvalue weighted by Crippen LogP contribution is 2.24. The van der Waals surface area contributed by atoms with Crippen molar-refractivity contribution in [3.63, 3.8) is 0 Å². The van der Waals surface area contributed by atoms with Gasteiger partial charge >= 0.3 is 0 Å². The maximum absolute atomic E-state index is 13.0. The lowest BCUT2D eigenvalue weighted by Crippen LogP contribution is -2.49. The fourth-order valence-electron chi connectivity index (χ4n) is 3.42. The molecule has 1 saturated heterocycles. The van der Waals surface area contributed by atoms with Gasteiger partial charge in [-0.05, 0) is 25.0 Å². The van der Waals surface area contributed by atoms with Crippen LogP contribution in [0.2, 0.25) is 0 Å². The normalized spacial score (nSPS) is 14.2. The Morgan fingerprint density at radius 1 is 1.13 bits per heavy atom. The molecule has 0 N–H and O–H groups in total. The highest BCUT2D eigenvalue weighted by Gasteiger charge is 2.27. The summed E-state index contributed by atoms with van der Waals surface area (Å²) in [5, 5.41) is 0. The average Bonchev–Trinajstić information content (AvgIpc) is 3.20. The van der Waals surface area contributed by atoms with Crippen LogP contribution in [0.1, 0.15) is 30.1 Å². The third kappa shape index (κ3) is 4.84. The van der Waals surface area contributed by atoms with E-state index in [9.17, 15) is 4.79 Å². The molecule has 31 heavy (non-hydrogen) atoms. The number of hydrogen-bond donors (Lipinski definition) is 0. The molecule has 1 amide bonds. The van der Waals surface area contributed by atoms with Crippen molar-refractivity contribution in [2.45, 2.75) is 20.8 Å². The molecule has 0 saturated carbocycles. The lowest BCUT2D eigenvalue weighted by atomic mass is 10.2. The third-order valence-electron chi connectivity index (χ3n) is 5.09. The van der Waals surface area contributed by atoms with Crippen LogP contribution in [0.25, 0.3) is 11.5 Å². The molecule has 0 radical (unpaired) electrons. The number of ether oxygens (including phenoxy) is 1. The monoisotopic (exact) mass is 421 g/mol. The molecule has 1 aliphatic heterocycles. The number of anilines is 1. The summed E-state index contributed by atoms with van der Waals surface area (Å²) in [6.45, 7) is 9.10. The fourth-order valence-corrected chi connectivity index (χ4v) is 3.42. The van der Waals surface area contributed by atoms with E-state index >= 15 is 0 Å². The molecule has 0 unspecified atom stereocenters. The minimum Gasteiger partial charge on any atom is -0.477 e. The predicted molar refractivity (Wildman–Crippen MR) is 117 cm³/mol. The average molecular weight is 422 g/mol. The molecule has 3 aromatic rings. The SMILES string of the molecule is Cc1nc(-c2ccccc2)oc1C(=O)N1CCN(c2cc(OCC(C)C)ncn2)CC1. The van der Waals surface area contributed by atoms with E-state index in [-0.39, 0.29) is 5.91 Å². The van der Waals surface area contributed by atoms with E-state index < -0.39 is 0 Å². The maximum atomic E-state index is 13.0. The van der Waals surface area contributed by atoms with Crippen LogP contribution in [0.15, 0.2) is 47.1 Å². The van der Waals surface area contributed by atoms with Gasteiger partial charge in [0.2, 0.25) is 17.5 Å². The number of rotatable bonds is 6. The van der Waals surface area contributed by atoms with Gasteiger partial charge in [0.15, 0.2) is 0 Å². The molecule has 4 rings (SSSR count). The van der Waals surface area contributed by atoms with Crippen molar-refractivity contribution in [2.75, 3.05) is 37.7 Å². The van der Waals surface area contributed by atoms with E-state index in [0.717, 1.165) is 11.4 Å². The van der Waals surface area contributed by atoms with Crippen molar-refractivity contribution in [1.82, 2.24) is 19.9 Å². The molecule has 8 heteroatoms. The number of piperazine rings is 1. The Kier molecular flexibility index (Phi) is 6.16. The van der Waals surface area contributed by atoms with Crippen molar-refractivity contribution >= 4 is 11.7 Å². The molecule has 2 aromatic heterocycles. The summed E-state index contributed by atoms with van der Waals surface area (Å²) in [6.07, 6.45) is 1.52. The molecule has 0 spiro atoms. The first-order chi connectivity index (χ1) is 15.0. The van der Waals surface area contributed by atoms with Crippen LogP contribution in [0.3, 0.4) is 0 Å². The molecule has 1 aliphatic rings. The Bertz CT molecular complexity index is 1030. The van der Waals surface area contributed by atoms with Gasteiger partial charge in [0.25, 0.3) is 5.91 Å². The first-order valence-corrected chi connectivity index (χ1v) is 10.5. The second-order valence-corrected chi connectivity index (χ2v) is 8.00. The molecule has 0 aliphatic carbocycles. The minimum atomic E-state index is -0.129. The van der Waals surface area contributed by atoms with Crippen molar-refractivity contribution in [3.05, 3.63) is 54.2 Å². The zero-order valence-electron chi connectivity index (χ0n) is 18.1. The standard InChI is InChI=1S/C23H27N5O3/c1-16(2)14-30-20-13-19(24-15-25-20)27-9-11-28(12-10-27)23(29)21-17(3)26-22(31-21)18-7-5-4-6-8-18/h4-8,13,15-16H,9-12,14H2,1-3H3. The summed E-state index contributed by atoms with van der Waals surface area (Å²) in [5.74, 6) is 2.45. The molecule has 162 valence electrons. The van der Waals surface area contributed by atoms with Gasteiger partial charge in [0.05, 0.1) is 12.3 Å². The topological polar surface area (TPSA) is 84.6 Å². The van der Waals surface area contributed by atoms with Crippen LogP contribution in [0.4, 0.5) is 5.82 Å². The van der Waals surface area contributed by atoms with Crippen LogP contribution in [0.5, 0.6) is 5.88 Å². The summed E-state index contributed by atoms with van der Waals surface area (Å²) in [6, 6.07) is 11.5. The van der Waals surface area contributed by atoms with Crippen molar-refractivity contribution in [3.8, 4) is 17.3 Å². The number of amides is 1. The van der Waals surface area contributed by atoms with Crippen LogP contribution >= 0.6 is 0 Å². The van der Waals surface area contributed by atoms with Crippen LogP contribution in [-0.4, -0.2) is 58.5 Å². The number of nitrogens with zero attached hydrogens (tertiary/aromatic N) is 5. The summed E-state index contributed by atoms with van der Waals surface area (Å²) < 4.78 is 11.5. The number of hydrogen-bond acceptors (Lipinski definition) is 7. The Labute approximate surface area is 181 Å². The molecular formula is C23H27N5O3. The minimum absolute atomic E-state index is 0.129. The number of benzene rings is 1. The molecule has 8 nitrogen and oxygen atoms in total. The highest BCUT2D eigenvalue weighted by molar-refractivity contribution is 5.93. The largest absolute Gasteiger partial charge is 0.477 e. The van der Waals surface area contributed by atoms with Crippen molar-refractivity contribution < 1.29 is 13.9 Å². The zero-order valence-corrected chi connectivity index (χ0v) is 18.1. The van der Waals surface area contributed by atoms with E-state index in [1.54, 1.807) is 11.8 Å². The molecular weight excluding hydrogens is 394 g/mol. The summed E-state index contributed by atoms with van der Waals surface area (Å²) in [7, 11) is 0. The Morgan fingerprint density at radius 3 is 2.58 bits per heavy atom. The first kappa shape index (κ1) is 20.8. The van der Waals surface area contributed by atoms with Crippen LogP contribution in [-0.2, 0) is 0 Å². The summed E-state index contributed by atoms with van der Waals surface area (Å²) >= 11 is 0. The maximum Gasteiger partial charge on any atom is 0.291 e. The van der Waals surface area contributed by atoms with Gasteiger partial charge in [-0.15, -0.1) is 0 Å². The second-order valence-electron chi connectivity index (χ2n) is 8.00. The van der Waals surface area contributed by atoms with Gasteiger partial charge in [-0.3, -0.25) is 4.79 Å². The Balaban J connectivity index is 1.40. The van der Waals surface area contributed by atoms with Crippen LogP contribution in [0, 0.1) is 12.8 Å². The number of carbonyl (C=O) groups excluding carboxylic acids is 1. The van der Waals surface area contributed by atoms with Gasteiger partial charge in [-0.25, -0.2) is 15.0 Å². The first-order valence-electron chi connectivity index (χ1n) is 10.5. The van der Waals surface area contributed by atoms with E-state index in [1.165, 1.54) is 6.33 Å². The van der Waals surface area contributed by atoms with Gasteiger partial charge in [0.1, 0.15) is 12.1 Å². The van der Waals surface area contributed by atoms with E-state index in [4.69, 9.17) is 9.15 Å². The van der Waals surface area contributed by atoms with Gasteiger partial charge in [-0.1, -0.05) is 32.0 Å². The van der Waals surface area contributed by atoms with Crippen molar-refractivity contribution in [2.24, 2.45) is 5.92 Å². The molecule has 0 atom stereocenters. The quantitative estimate of drug-likeness (QED) is 0.603. The zero-order chi connectivity index (χ0) is 21.8. The Morgan fingerprint density at radius 2 is 1.87 bits per heavy atom. The smallest absolute Gasteiger partial charge is 0.291 e. The van der Waals surface area contributed by atoms with E-state index in [1.807, 2.05) is 36.4 Å². The number of aryl methyl sites for hydroxylation is 1. The Hall–Kier alpha value is -3.42. The molecule has 3 heterocycles. The number of carbonyl (C=O) groups is 1. The summed E-state index contributed by atoms with van der Waals surface area (Å²) in [5.41, 5.74) is 1.46. The fraction of sp³-hybridized carbons (Fsp3) is 0.391.